The summed E-state index contributed by atoms with van der Waals surface area (Å²) in [6, 6.07) is 6.68. The molecular weight excluding hydrogens is 330 g/mol. The summed E-state index contributed by atoms with van der Waals surface area (Å²) in [4.78, 5) is 23.8. The van der Waals surface area contributed by atoms with Crippen molar-refractivity contribution in [2.45, 2.75) is 0 Å². The first-order valence-corrected chi connectivity index (χ1v) is 6.69. The number of ether oxygens (including phenoxy) is 1. The fourth-order valence-corrected chi connectivity index (χ4v) is 1.97. The zero-order valence-electron chi connectivity index (χ0n) is 11.8. The standard InChI is InChI=1S/C15H11ClF2N2O3/c1-23-13-3-2-9(16)6-12(13)15(22)20-19-14(21)8-4-10(17)7-11(18)5-8/h2-7H,1H3,(H,19,21)(H,20,22). The quantitative estimate of drug-likeness (QED) is 0.844. The van der Waals surface area contributed by atoms with Crippen LogP contribution in [-0.4, -0.2) is 18.9 Å². The lowest BCUT2D eigenvalue weighted by molar-refractivity contribution is 0.0844. The molecule has 0 aliphatic carbocycles. The number of amides is 2. The average Bonchev–Trinajstić information content (AvgIpc) is 2.51. The summed E-state index contributed by atoms with van der Waals surface area (Å²) in [5.74, 6) is -3.14. The molecule has 8 heteroatoms. The van der Waals surface area contributed by atoms with Crippen molar-refractivity contribution in [3.8, 4) is 5.75 Å². The molecule has 0 atom stereocenters. The van der Waals surface area contributed by atoms with Gasteiger partial charge in [-0.3, -0.25) is 20.4 Å². The number of carbonyl (C=O) groups excluding carboxylic acids is 2. The molecule has 0 aliphatic rings. The monoisotopic (exact) mass is 340 g/mol. The third-order valence-electron chi connectivity index (χ3n) is 2.82. The molecule has 0 heterocycles. The minimum atomic E-state index is -0.905. The average molecular weight is 341 g/mol. The maximum absolute atomic E-state index is 13.1. The van der Waals surface area contributed by atoms with E-state index in [-0.39, 0.29) is 16.9 Å². The van der Waals surface area contributed by atoms with Gasteiger partial charge in [0, 0.05) is 16.7 Å². The van der Waals surface area contributed by atoms with E-state index in [9.17, 15) is 18.4 Å². The normalized spacial score (nSPS) is 10.1. The van der Waals surface area contributed by atoms with Gasteiger partial charge in [0.2, 0.25) is 0 Å². The Morgan fingerprint density at radius 2 is 1.61 bits per heavy atom. The Morgan fingerprint density at radius 1 is 1.00 bits per heavy atom. The Bertz CT molecular complexity index is 748. The third-order valence-corrected chi connectivity index (χ3v) is 3.06. The molecule has 0 saturated heterocycles. The Balaban J connectivity index is 2.10. The Hall–Kier alpha value is -2.67. The smallest absolute Gasteiger partial charge is 0.273 e. The fourth-order valence-electron chi connectivity index (χ4n) is 1.80. The molecule has 0 aromatic heterocycles. The second kappa shape index (κ2) is 7.06. The van der Waals surface area contributed by atoms with Crippen LogP contribution in [0.3, 0.4) is 0 Å². The highest BCUT2D eigenvalue weighted by Crippen LogP contribution is 2.22. The van der Waals surface area contributed by atoms with Gasteiger partial charge in [0.25, 0.3) is 11.8 Å². The van der Waals surface area contributed by atoms with Crippen LogP contribution in [0.4, 0.5) is 8.78 Å². The lowest BCUT2D eigenvalue weighted by Crippen LogP contribution is -2.41. The van der Waals surface area contributed by atoms with Crippen molar-refractivity contribution in [2.24, 2.45) is 0 Å². The van der Waals surface area contributed by atoms with Crippen LogP contribution in [0.25, 0.3) is 0 Å². The summed E-state index contributed by atoms with van der Waals surface area (Å²) >= 11 is 5.81. The number of rotatable bonds is 3. The second-order valence-corrected chi connectivity index (χ2v) is 4.85. The minimum absolute atomic E-state index is 0.0886. The van der Waals surface area contributed by atoms with Crippen molar-refractivity contribution in [2.75, 3.05) is 7.11 Å². The molecular formula is C15H11ClF2N2O3. The van der Waals surface area contributed by atoms with E-state index in [1.54, 1.807) is 0 Å². The minimum Gasteiger partial charge on any atom is -0.496 e. The van der Waals surface area contributed by atoms with E-state index in [1.807, 2.05) is 0 Å². The number of hydrazine groups is 1. The Kier molecular flexibility index (Phi) is 5.13. The lowest BCUT2D eigenvalue weighted by atomic mass is 10.2. The van der Waals surface area contributed by atoms with Gasteiger partial charge >= 0.3 is 0 Å². The van der Waals surface area contributed by atoms with Crippen LogP contribution < -0.4 is 15.6 Å². The molecule has 23 heavy (non-hydrogen) atoms. The molecule has 5 nitrogen and oxygen atoms in total. The largest absolute Gasteiger partial charge is 0.496 e. The molecule has 0 bridgehead atoms. The van der Waals surface area contributed by atoms with Gasteiger partial charge in [0.15, 0.2) is 0 Å². The van der Waals surface area contributed by atoms with E-state index in [2.05, 4.69) is 10.9 Å². The molecule has 2 rings (SSSR count). The SMILES string of the molecule is COc1ccc(Cl)cc1C(=O)NNC(=O)c1cc(F)cc(F)c1. The molecule has 0 unspecified atom stereocenters. The predicted octanol–water partition coefficient (Wildman–Crippen LogP) is 2.70. The van der Waals surface area contributed by atoms with E-state index in [4.69, 9.17) is 16.3 Å². The highest BCUT2D eigenvalue weighted by molar-refractivity contribution is 6.31. The first kappa shape index (κ1) is 16.7. The molecule has 120 valence electrons. The number of carbonyl (C=O) groups is 2. The van der Waals surface area contributed by atoms with E-state index >= 15 is 0 Å². The Labute approximate surface area is 135 Å². The predicted molar refractivity (Wildman–Crippen MR) is 79.3 cm³/mol. The van der Waals surface area contributed by atoms with Crippen molar-refractivity contribution in [1.29, 1.82) is 0 Å². The molecule has 2 aromatic rings. The summed E-state index contributed by atoms with van der Waals surface area (Å²) in [7, 11) is 1.37. The highest BCUT2D eigenvalue weighted by Gasteiger charge is 2.15. The summed E-state index contributed by atoms with van der Waals surface area (Å²) in [6.45, 7) is 0. The maximum Gasteiger partial charge on any atom is 0.273 e. The molecule has 0 fully saturated rings. The summed E-state index contributed by atoms with van der Waals surface area (Å²) < 4.78 is 31.1. The van der Waals surface area contributed by atoms with Crippen LogP contribution in [0.5, 0.6) is 5.75 Å². The van der Waals surface area contributed by atoms with Gasteiger partial charge in [0.1, 0.15) is 17.4 Å². The number of nitrogens with one attached hydrogen (secondary N) is 2. The lowest BCUT2D eigenvalue weighted by Gasteiger charge is -2.11. The number of benzene rings is 2. The van der Waals surface area contributed by atoms with Crippen molar-refractivity contribution in [3.63, 3.8) is 0 Å². The zero-order valence-corrected chi connectivity index (χ0v) is 12.6. The van der Waals surface area contributed by atoms with E-state index < -0.39 is 23.4 Å². The number of hydrogen-bond acceptors (Lipinski definition) is 3. The first-order valence-electron chi connectivity index (χ1n) is 6.31. The van der Waals surface area contributed by atoms with Crippen LogP contribution in [-0.2, 0) is 0 Å². The number of hydrogen-bond donors (Lipinski definition) is 2. The van der Waals surface area contributed by atoms with Gasteiger partial charge in [-0.05, 0) is 30.3 Å². The molecule has 0 aliphatic heterocycles. The van der Waals surface area contributed by atoms with E-state index in [0.717, 1.165) is 12.1 Å². The van der Waals surface area contributed by atoms with Crippen molar-refractivity contribution >= 4 is 23.4 Å². The molecule has 2 N–H and O–H groups in total. The molecule has 2 aromatic carbocycles. The molecule has 0 spiro atoms. The van der Waals surface area contributed by atoms with Crippen LogP contribution in [0.2, 0.25) is 5.02 Å². The van der Waals surface area contributed by atoms with E-state index in [1.165, 1.54) is 25.3 Å². The molecule has 0 saturated carbocycles. The fraction of sp³-hybridized carbons (Fsp3) is 0.0667. The van der Waals surface area contributed by atoms with Gasteiger partial charge < -0.3 is 4.74 Å². The van der Waals surface area contributed by atoms with Gasteiger partial charge in [-0.15, -0.1) is 0 Å². The van der Waals surface area contributed by atoms with Crippen LogP contribution in [0.15, 0.2) is 36.4 Å². The van der Waals surface area contributed by atoms with Crippen LogP contribution in [0.1, 0.15) is 20.7 Å². The number of halogens is 3. The van der Waals surface area contributed by atoms with E-state index in [0.29, 0.717) is 11.1 Å². The summed E-state index contributed by atoms with van der Waals surface area (Å²) in [6.07, 6.45) is 0. The van der Waals surface area contributed by atoms with Crippen LogP contribution >= 0.6 is 11.6 Å². The third kappa shape index (κ3) is 4.17. The topological polar surface area (TPSA) is 67.4 Å². The molecule has 0 radical (unpaired) electrons. The highest BCUT2D eigenvalue weighted by atomic mass is 35.5. The van der Waals surface area contributed by atoms with Gasteiger partial charge in [0.05, 0.1) is 12.7 Å². The van der Waals surface area contributed by atoms with Crippen molar-refractivity contribution < 1.29 is 23.1 Å². The molecule has 2 amide bonds. The number of methoxy groups -OCH3 is 1. The Morgan fingerprint density at radius 3 is 2.22 bits per heavy atom. The first-order chi connectivity index (χ1) is 10.9. The maximum atomic E-state index is 13.1. The van der Waals surface area contributed by atoms with Gasteiger partial charge in [-0.2, -0.15) is 0 Å². The summed E-state index contributed by atoms with van der Waals surface area (Å²) in [5, 5.41) is 0.300. The van der Waals surface area contributed by atoms with Crippen molar-refractivity contribution in [1.82, 2.24) is 10.9 Å². The van der Waals surface area contributed by atoms with Gasteiger partial charge in [-0.1, -0.05) is 11.6 Å². The van der Waals surface area contributed by atoms with Crippen LogP contribution in [0, 0.1) is 11.6 Å². The van der Waals surface area contributed by atoms with Gasteiger partial charge in [-0.25, -0.2) is 8.78 Å². The second-order valence-electron chi connectivity index (χ2n) is 4.41. The summed E-state index contributed by atoms with van der Waals surface area (Å²) in [5.41, 5.74) is 3.98. The van der Waals surface area contributed by atoms with Crippen molar-refractivity contribution in [3.05, 3.63) is 64.2 Å². The zero-order chi connectivity index (χ0) is 17.0.